The number of sulfonamides is 1. The number of aliphatic carboxylic acids is 1. The van der Waals surface area contributed by atoms with Crippen LogP contribution in [0.2, 0.25) is 0 Å². The van der Waals surface area contributed by atoms with Crippen molar-refractivity contribution in [3.05, 3.63) is 42.1 Å². The molecule has 0 aliphatic rings. The zero-order valence-electron chi connectivity index (χ0n) is 11.4. The number of carboxylic acid groups (broad SMARTS) is 1. The second-order valence-corrected chi connectivity index (χ2v) is 6.20. The molecule has 0 spiro atoms. The molecule has 2 aromatic rings. The zero-order valence-corrected chi connectivity index (χ0v) is 12.2. The molecule has 2 rings (SSSR count). The van der Waals surface area contributed by atoms with Crippen LogP contribution < -0.4 is 4.72 Å². The fourth-order valence-corrected chi connectivity index (χ4v) is 2.75. The number of hydrogen-bond acceptors (Lipinski definition) is 4. The summed E-state index contributed by atoms with van der Waals surface area (Å²) in [5, 5.41) is 12.6. The summed E-state index contributed by atoms with van der Waals surface area (Å²) in [5.41, 5.74) is 0.772. The number of hydrogen-bond donors (Lipinski definition) is 2. The van der Waals surface area contributed by atoms with E-state index in [1.165, 1.54) is 16.8 Å². The van der Waals surface area contributed by atoms with Crippen molar-refractivity contribution < 1.29 is 18.3 Å². The Balaban J connectivity index is 2.11. The Labute approximate surface area is 122 Å². The first-order valence-corrected chi connectivity index (χ1v) is 7.68. The summed E-state index contributed by atoms with van der Waals surface area (Å²) in [5.74, 6) is -0.643. The molecule has 2 N–H and O–H groups in total. The molecule has 0 bridgehead atoms. The van der Waals surface area contributed by atoms with Crippen LogP contribution in [0.5, 0.6) is 0 Å². The maximum Gasteiger partial charge on any atom is 0.303 e. The number of nitrogens with zero attached hydrogens (tertiary/aromatic N) is 2. The SMILES string of the molecule is Cn1ccc(NS(=O)(=O)c2ccc(CCC(=O)O)cc2)n1. The number of rotatable bonds is 6. The quantitative estimate of drug-likeness (QED) is 0.836. The summed E-state index contributed by atoms with van der Waals surface area (Å²) in [6.07, 6.45) is 2.01. The third-order valence-electron chi connectivity index (χ3n) is 2.81. The van der Waals surface area contributed by atoms with E-state index >= 15 is 0 Å². The number of carboxylic acids is 1. The van der Waals surface area contributed by atoms with E-state index in [1.54, 1.807) is 31.4 Å². The minimum absolute atomic E-state index is 0.0122. The second kappa shape index (κ2) is 5.96. The molecule has 0 saturated carbocycles. The van der Waals surface area contributed by atoms with Gasteiger partial charge < -0.3 is 5.11 Å². The highest BCUT2D eigenvalue weighted by Gasteiger charge is 2.15. The Kier molecular flexibility index (Phi) is 4.27. The fraction of sp³-hybridized carbons (Fsp3) is 0.231. The van der Waals surface area contributed by atoms with E-state index in [0.717, 1.165) is 5.56 Å². The van der Waals surface area contributed by atoms with Gasteiger partial charge in [0.05, 0.1) is 4.90 Å². The predicted molar refractivity (Wildman–Crippen MR) is 76.4 cm³/mol. The first-order chi connectivity index (χ1) is 9.87. The lowest BCUT2D eigenvalue weighted by atomic mass is 10.1. The lowest BCUT2D eigenvalue weighted by Crippen LogP contribution is -2.13. The third kappa shape index (κ3) is 4.06. The van der Waals surface area contributed by atoms with E-state index in [2.05, 4.69) is 9.82 Å². The fourth-order valence-electron chi connectivity index (χ4n) is 1.75. The molecule has 1 aromatic carbocycles. The molecule has 0 saturated heterocycles. The lowest BCUT2D eigenvalue weighted by Gasteiger charge is -2.06. The standard InChI is InChI=1S/C13H15N3O4S/c1-16-9-8-12(14-16)15-21(19,20)11-5-2-10(3-6-11)4-7-13(17)18/h2-3,5-6,8-9H,4,7H2,1H3,(H,14,15)(H,17,18). The highest BCUT2D eigenvalue weighted by molar-refractivity contribution is 7.92. The summed E-state index contributed by atoms with van der Waals surface area (Å²) in [6, 6.07) is 7.66. The number of aryl methyl sites for hydroxylation is 2. The Morgan fingerprint density at radius 2 is 1.95 bits per heavy atom. The molecule has 21 heavy (non-hydrogen) atoms. The van der Waals surface area contributed by atoms with Crippen molar-refractivity contribution >= 4 is 21.8 Å². The number of anilines is 1. The van der Waals surface area contributed by atoms with Crippen molar-refractivity contribution in [2.24, 2.45) is 7.05 Å². The first kappa shape index (κ1) is 15.0. The average Bonchev–Trinajstić information content (AvgIpc) is 2.81. The third-order valence-corrected chi connectivity index (χ3v) is 4.18. The second-order valence-electron chi connectivity index (χ2n) is 4.52. The summed E-state index contributed by atoms with van der Waals surface area (Å²) in [4.78, 5) is 10.6. The van der Waals surface area contributed by atoms with Crippen molar-refractivity contribution in [2.45, 2.75) is 17.7 Å². The van der Waals surface area contributed by atoms with Gasteiger partial charge in [-0.15, -0.1) is 0 Å². The molecule has 0 radical (unpaired) electrons. The topological polar surface area (TPSA) is 101 Å². The van der Waals surface area contributed by atoms with Crippen molar-refractivity contribution in [1.29, 1.82) is 0 Å². The smallest absolute Gasteiger partial charge is 0.303 e. The minimum Gasteiger partial charge on any atom is -0.481 e. The Hall–Kier alpha value is -2.35. The van der Waals surface area contributed by atoms with Crippen LogP contribution >= 0.6 is 0 Å². The highest BCUT2D eigenvalue weighted by atomic mass is 32.2. The van der Waals surface area contributed by atoms with Crippen LogP contribution in [-0.2, 0) is 28.3 Å². The summed E-state index contributed by atoms with van der Waals surface area (Å²) in [7, 11) is -2.00. The summed E-state index contributed by atoms with van der Waals surface area (Å²) in [6.45, 7) is 0. The molecular weight excluding hydrogens is 294 g/mol. The van der Waals surface area contributed by atoms with Crippen LogP contribution in [0.1, 0.15) is 12.0 Å². The molecule has 0 fully saturated rings. The lowest BCUT2D eigenvalue weighted by molar-refractivity contribution is -0.136. The molecule has 8 heteroatoms. The van der Waals surface area contributed by atoms with Crippen LogP contribution in [0.15, 0.2) is 41.4 Å². The maximum absolute atomic E-state index is 12.1. The number of benzene rings is 1. The molecule has 0 aliphatic heterocycles. The monoisotopic (exact) mass is 309 g/mol. The molecule has 0 atom stereocenters. The van der Waals surface area contributed by atoms with Gasteiger partial charge >= 0.3 is 5.97 Å². The van der Waals surface area contributed by atoms with Crippen LogP contribution in [0.3, 0.4) is 0 Å². The van der Waals surface area contributed by atoms with Crippen LogP contribution in [0.4, 0.5) is 5.82 Å². The van der Waals surface area contributed by atoms with Crippen LogP contribution in [0.25, 0.3) is 0 Å². The molecular formula is C13H15N3O4S. The van der Waals surface area contributed by atoms with Gasteiger partial charge in [-0.2, -0.15) is 5.10 Å². The first-order valence-electron chi connectivity index (χ1n) is 6.20. The van der Waals surface area contributed by atoms with E-state index in [0.29, 0.717) is 6.42 Å². The van der Waals surface area contributed by atoms with Gasteiger partial charge in [0, 0.05) is 25.7 Å². The van der Waals surface area contributed by atoms with Gasteiger partial charge in [0.15, 0.2) is 5.82 Å². The highest BCUT2D eigenvalue weighted by Crippen LogP contribution is 2.15. The Morgan fingerprint density at radius 3 is 2.48 bits per heavy atom. The summed E-state index contributed by atoms with van der Waals surface area (Å²) >= 11 is 0. The molecule has 0 unspecified atom stereocenters. The molecule has 0 aliphatic carbocycles. The van der Waals surface area contributed by atoms with Crippen molar-refractivity contribution in [3.8, 4) is 0 Å². The van der Waals surface area contributed by atoms with Gasteiger partial charge in [0.25, 0.3) is 10.0 Å². The van der Waals surface area contributed by atoms with E-state index < -0.39 is 16.0 Å². The van der Waals surface area contributed by atoms with E-state index in [-0.39, 0.29) is 17.1 Å². The largest absolute Gasteiger partial charge is 0.481 e. The maximum atomic E-state index is 12.1. The van der Waals surface area contributed by atoms with Crippen molar-refractivity contribution in [1.82, 2.24) is 9.78 Å². The molecule has 7 nitrogen and oxygen atoms in total. The van der Waals surface area contributed by atoms with Gasteiger partial charge in [-0.3, -0.25) is 14.2 Å². The van der Waals surface area contributed by atoms with E-state index in [4.69, 9.17) is 5.11 Å². The van der Waals surface area contributed by atoms with E-state index in [1.807, 2.05) is 0 Å². The number of nitrogens with one attached hydrogen (secondary N) is 1. The molecule has 0 amide bonds. The van der Waals surface area contributed by atoms with E-state index in [9.17, 15) is 13.2 Å². The van der Waals surface area contributed by atoms with Gasteiger partial charge in [0.1, 0.15) is 0 Å². The number of aromatic nitrogens is 2. The normalized spacial score (nSPS) is 11.3. The molecule has 112 valence electrons. The van der Waals surface area contributed by atoms with Crippen LogP contribution in [0, 0.1) is 0 Å². The van der Waals surface area contributed by atoms with Gasteiger partial charge in [-0.05, 0) is 24.1 Å². The molecule has 1 aromatic heterocycles. The van der Waals surface area contributed by atoms with Gasteiger partial charge in [0.2, 0.25) is 0 Å². The average molecular weight is 309 g/mol. The van der Waals surface area contributed by atoms with Crippen molar-refractivity contribution in [2.75, 3.05) is 4.72 Å². The van der Waals surface area contributed by atoms with Gasteiger partial charge in [-0.1, -0.05) is 12.1 Å². The molecule has 1 heterocycles. The Bertz CT molecular complexity index is 735. The van der Waals surface area contributed by atoms with Crippen molar-refractivity contribution in [3.63, 3.8) is 0 Å². The zero-order chi connectivity index (χ0) is 15.5. The summed E-state index contributed by atoms with van der Waals surface area (Å²) < 4.78 is 28.1. The predicted octanol–water partition coefficient (Wildman–Crippen LogP) is 1.24. The van der Waals surface area contributed by atoms with Gasteiger partial charge in [-0.25, -0.2) is 8.42 Å². The minimum atomic E-state index is -3.69. The van der Waals surface area contributed by atoms with Crippen LogP contribution in [-0.4, -0.2) is 29.3 Å². The Morgan fingerprint density at radius 1 is 1.29 bits per heavy atom. The number of carbonyl (C=O) groups is 1.